The highest BCUT2D eigenvalue weighted by Gasteiger charge is 2.06. The van der Waals surface area contributed by atoms with E-state index in [4.69, 9.17) is 4.74 Å². The number of benzene rings is 1. The van der Waals surface area contributed by atoms with Crippen LogP contribution in [-0.2, 0) is 11.3 Å². The molecule has 4 nitrogen and oxygen atoms in total. The molecular weight excluding hydrogens is 246 g/mol. The van der Waals surface area contributed by atoms with E-state index in [1.165, 1.54) is 5.56 Å². The lowest BCUT2D eigenvalue weighted by atomic mass is 10.1. The first kappa shape index (κ1) is 13.1. The van der Waals surface area contributed by atoms with Crippen LogP contribution in [0.3, 0.4) is 0 Å². The molecule has 96 valence electrons. The van der Waals surface area contributed by atoms with Gasteiger partial charge in [0.15, 0.2) is 0 Å². The van der Waals surface area contributed by atoms with Crippen LogP contribution in [0.2, 0.25) is 0 Å². The first-order chi connectivity index (χ1) is 8.79. The lowest BCUT2D eigenvalue weighted by molar-refractivity contribution is 0.199. The van der Waals surface area contributed by atoms with Crippen molar-refractivity contribution in [3.63, 3.8) is 0 Å². The van der Waals surface area contributed by atoms with Crippen LogP contribution in [0.1, 0.15) is 10.6 Å². The van der Waals surface area contributed by atoms with Gasteiger partial charge in [0.05, 0.1) is 6.61 Å². The van der Waals surface area contributed by atoms with Crippen LogP contribution >= 0.6 is 11.3 Å². The Balaban J connectivity index is 1.97. The monoisotopic (exact) mass is 263 g/mol. The number of nitrogens with one attached hydrogen (secondary N) is 1. The second-order valence-electron chi connectivity index (χ2n) is 4.04. The SMILES string of the molecule is COCCNCc1nnc(-c2cccc(C)c2)s1. The summed E-state index contributed by atoms with van der Waals surface area (Å²) >= 11 is 1.63. The standard InChI is InChI=1S/C13H17N3OS/c1-10-4-3-5-11(8-10)13-16-15-12(18-13)9-14-6-7-17-2/h3-5,8,14H,6-7,9H2,1-2H3. The van der Waals surface area contributed by atoms with E-state index in [9.17, 15) is 0 Å². The van der Waals surface area contributed by atoms with Gasteiger partial charge in [-0.1, -0.05) is 35.1 Å². The Bertz CT molecular complexity index is 498. The minimum Gasteiger partial charge on any atom is -0.383 e. The van der Waals surface area contributed by atoms with Crippen molar-refractivity contribution in [1.29, 1.82) is 0 Å². The third-order valence-electron chi connectivity index (χ3n) is 2.49. The molecule has 0 bridgehead atoms. The van der Waals surface area contributed by atoms with Crippen molar-refractivity contribution in [2.75, 3.05) is 20.3 Å². The average molecular weight is 263 g/mol. The van der Waals surface area contributed by atoms with Gasteiger partial charge in [0.1, 0.15) is 10.0 Å². The molecule has 1 aromatic carbocycles. The predicted molar refractivity (Wildman–Crippen MR) is 73.7 cm³/mol. The van der Waals surface area contributed by atoms with Gasteiger partial charge in [0, 0.05) is 25.8 Å². The molecule has 1 aromatic heterocycles. The number of hydrogen-bond donors (Lipinski definition) is 1. The minimum absolute atomic E-state index is 0.712. The number of aromatic nitrogens is 2. The highest BCUT2D eigenvalue weighted by Crippen LogP contribution is 2.23. The van der Waals surface area contributed by atoms with Crippen LogP contribution in [-0.4, -0.2) is 30.5 Å². The second-order valence-corrected chi connectivity index (χ2v) is 5.10. The molecule has 0 aliphatic carbocycles. The molecule has 0 unspecified atom stereocenters. The van der Waals surface area contributed by atoms with Crippen molar-refractivity contribution in [1.82, 2.24) is 15.5 Å². The van der Waals surface area contributed by atoms with Gasteiger partial charge >= 0.3 is 0 Å². The van der Waals surface area contributed by atoms with E-state index in [2.05, 4.69) is 40.6 Å². The molecule has 0 saturated heterocycles. The smallest absolute Gasteiger partial charge is 0.147 e. The first-order valence-corrected chi connectivity index (χ1v) is 6.70. The normalized spacial score (nSPS) is 10.8. The highest BCUT2D eigenvalue weighted by molar-refractivity contribution is 7.14. The molecule has 0 radical (unpaired) electrons. The number of methoxy groups -OCH3 is 1. The topological polar surface area (TPSA) is 47.0 Å². The summed E-state index contributed by atoms with van der Waals surface area (Å²) in [6.07, 6.45) is 0. The predicted octanol–water partition coefficient (Wildman–Crippen LogP) is 2.25. The fourth-order valence-corrected chi connectivity index (χ4v) is 2.39. The van der Waals surface area contributed by atoms with Gasteiger partial charge in [0.25, 0.3) is 0 Å². The summed E-state index contributed by atoms with van der Waals surface area (Å²) in [6.45, 7) is 4.37. The van der Waals surface area contributed by atoms with Crippen molar-refractivity contribution >= 4 is 11.3 Å². The fraction of sp³-hybridized carbons (Fsp3) is 0.385. The number of hydrogen-bond acceptors (Lipinski definition) is 5. The zero-order valence-electron chi connectivity index (χ0n) is 10.6. The second kappa shape index (κ2) is 6.58. The van der Waals surface area contributed by atoms with Gasteiger partial charge in [-0.2, -0.15) is 0 Å². The Kier molecular flexibility index (Phi) is 4.81. The van der Waals surface area contributed by atoms with Crippen LogP contribution in [0.15, 0.2) is 24.3 Å². The van der Waals surface area contributed by atoms with Crippen molar-refractivity contribution < 1.29 is 4.74 Å². The maximum atomic E-state index is 4.97. The quantitative estimate of drug-likeness (QED) is 0.812. The van der Waals surface area contributed by atoms with Crippen molar-refractivity contribution in [3.8, 4) is 10.6 Å². The van der Waals surface area contributed by atoms with Crippen LogP contribution in [0.25, 0.3) is 10.6 Å². The highest BCUT2D eigenvalue weighted by atomic mass is 32.1. The molecule has 2 rings (SSSR count). The molecule has 0 amide bonds. The van der Waals surface area contributed by atoms with Gasteiger partial charge in [-0.15, -0.1) is 10.2 Å². The van der Waals surface area contributed by atoms with E-state index in [1.54, 1.807) is 18.4 Å². The summed E-state index contributed by atoms with van der Waals surface area (Å²) in [5.74, 6) is 0. The van der Waals surface area contributed by atoms with Gasteiger partial charge in [-0.05, 0) is 13.0 Å². The largest absolute Gasteiger partial charge is 0.383 e. The zero-order chi connectivity index (χ0) is 12.8. The molecule has 2 aromatic rings. The molecule has 0 spiro atoms. The third kappa shape index (κ3) is 3.60. The van der Waals surface area contributed by atoms with Crippen molar-refractivity contribution in [3.05, 3.63) is 34.8 Å². The Morgan fingerprint density at radius 2 is 2.22 bits per heavy atom. The van der Waals surface area contributed by atoms with Crippen LogP contribution in [0, 0.1) is 6.92 Å². The summed E-state index contributed by atoms with van der Waals surface area (Å²) in [5.41, 5.74) is 2.37. The van der Waals surface area contributed by atoms with Crippen molar-refractivity contribution in [2.45, 2.75) is 13.5 Å². The minimum atomic E-state index is 0.712. The zero-order valence-corrected chi connectivity index (χ0v) is 11.5. The van der Waals surface area contributed by atoms with E-state index in [-0.39, 0.29) is 0 Å². The average Bonchev–Trinajstić information content (AvgIpc) is 2.83. The lowest BCUT2D eigenvalue weighted by Crippen LogP contribution is -2.18. The summed E-state index contributed by atoms with van der Waals surface area (Å²) in [6, 6.07) is 8.32. The van der Waals surface area contributed by atoms with Gasteiger partial charge in [0.2, 0.25) is 0 Å². The van der Waals surface area contributed by atoms with E-state index >= 15 is 0 Å². The van der Waals surface area contributed by atoms with Gasteiger partial charge in [-0.3, -0.25) is 0 Å². The Labute approximate surface area is 111 Å². The van der Waals surface area contributed by atoms with E-state index in [0.717, 1.165) is 28.7 Å². The molecule has 0 aliphatic heterocycles. The molecular formula is C13H17N3OS. The summed E-state index contributed by atoms with van der Waals surface area (Å²) in [5, 5.41) is 13.6. The van der Waals surface area contributed by atoms with Crippen molar-refractivity contribution in [2.24, 2.45) is 0 Å². The van der Waals surface area contributed by atoms with Crippen LogP contribution < -0.4 is 5.32 Å². The lowest BCUT2D eigenvalue weighted by Gasteiger charge is -1.99. The number of aryl methyl sites for hydroxylation is 1. The van der Waals surface area contributed by atoms with Gasteiger partial charge < -0.3 is 10.1 Å². The Hall–Kier alpha value is -1.30. The molecule has 0 saturated carbocycles. The fourth-order valence-electron chi connectivity index (χ4n) is 1.59. The maximum Gasteiger partial charge on any atom is 0.147 e. The van der Waals surface area contributed by atoms with E-state index in [1.807, 2.05) is 6.07 Å². The third-order valence-corrected chi connectivity index (χ3v) is 3.46. The maximum absolute atomic E-state index is 4.97. The summed E-state index contributed by atoms with van der Waals surface area (Å²) < 4.78 is 4.97. The van der Waals surface area contributed by atoms with E-state index < -0.39 is 0 Å². The number of ether oxygens (including phenoxy) is 1. The summed E-state index contributed by atoms with van der Waals surface area (Å²) in [4.78, 5) is 0. The molecule has 1 heterocycles. The Morgan fingerprint density at radius 3 is 3.00 bits per heavy atom. The molecule has 0 atom stereocenters. The molecule has 5 heteroatoms. The first-order valence-electron chi connectivity index (χ1n) is 5.88. The van der Waals surface area contributed by atoms with Crippen LogP contribution in [0.4, 0.5) is 0 Å². The van der Waals surface area contributed by atoms with Crippen LogP contribution in [0.5, 0.6) is 0 Å². The number of nitrogens with zero attached hydrogens (tertiary/aromatic N) is 2. The molecule has 0 fully saturated rings. The van der Waals surface area contributed by atoms with Gasteiger partial charge in [-0.25, -0.2) is 0 Å². The van der Waals surface area contributed by atoms with E-state index in [0.29, 0.717) is 6.61 Å². The molecule has 0 aliphatic rings. The molecule has 1 N–H and O–H groups in total. The Morgan fingerprint density at radius 1 is 1.33 bits per heavy atom. The molecule has 18 heavy (non-hydrogen) atoms. The number of rotatable bonds is 6. The summed E-state index contributed by atoms with van der Waals surface area (Å²) in [7, 11) is 1.70.